The quantitative estimate of drug-likeness (QED) is 0.191. The zero-order valence-electron chi connectivity index (χ0n) is 13.2. The van der Waals surface area contributed by atoms with Crippen LogP contribution in [0.5, 0.6) is 0 Å². The van der Waals surface area contributed by atoms with Crippen molar-refractivity contribution in [3.05, 3.63) is 0 Å². The van der Waals surface area contributed by atoms with E-state index in [2.05, 4.69) is 0 Å². The van der Waals surface area contributed by atoms with E-state index in [0.29, 0.717) is 0 Å². The first-order valence-corrected chi connectivity index (χ1v) is 7.22. The molecule has 0 amide bonds. The number of carbonyl (C=O) groups excluding carboxylic acids is 1. The van der Waals surface area contributed by atoms with Crippen LogP contribution in [0.15, 0.2) is 0 Å². The number of methoxy groups -OCH3 is 1. The Bertz CT molecular complexity index is 445. The Morgan fingerprint density at radius 1 is 1.16 bits per heavy atom. The van der Waals surface area contributed by atoms with E-state index in [9.17, 15) is 35.1 Å². The molecule has 1 heterocycles. The number of rotatable bonds is 9. The number of aliphatic hydroxyl groups excluding tert-OH is 6. The number of aliphatic carboxylic acids is 1. The van der Waals surface area contributed by atoms with E-state index < -0.39 is 67.7 Å². The Hall–Kier alpha value is -1.22. The van der Waals surface area contributed by atoms with Crippen molar-refractivity contribution in [1.82, 2.24) is 0 Å². The summed E-state index contributed by atoms with van der Waals surface area (Å²) in [5.74, 6) is -1.49. The first kappa shape index (κ1) is 21.8. The van der Waals surface area contributed by atoms with Crippen molar-refractivity contribution >= 4 is 12.3 Å². The summed E-state index contributed by atoms with van der Waals surface area (Å²) in [6.07, 6.45) is -15.9. The second kappa shape index (κ2) is 9.47. The summed E-state index contributed by atoms with van der Waals surface area (Å²) in [7, 11) is 1.11. The Morgan fingerprint density at radius 3 is 2.24 bits per heavy atom. The molecule has 25 heavy (non-hydrogen) atoms. The van der Waals surface area contributed by atoms with Crippen LogP contribution in [0.1, 0.15) is 0 Å². The predicted molar refractivity (Wildman–Crippen MR) is 75.2 cm³/mol. The van der Waals surface area contributed by atoms with E-state index in [0.717, 1.165) is 7.11 Å². The van der Waals surface area contributed by atoms with Gasteiger partial charge in [0, 0.05) is 7.11 Å². The van der Waals surface area contributed by atoms with E-state index in [1.807, 2.05) is 0 Å². The van der Waals surface area contributed by atoms with Crippen molar-refractivity contribution in [2.24, 2.45) is 0 Å². The van der Waals surface area contributed by atoms with Gasteiger partial charge in [-0.3, -0.25) is 0 Å². The van der Waals surface area contributed by atoms with Gasteiger partial charge in [0.1, 0.15) is 42.7 Å². The summed E-state index contributed by atoms with van der Waals surface area (Å²) in [6, 6.07) is 0. The summed E-state index contributed by atoms with van der Waals surface area (Å²) in [4.78, 5) is 21.5. The lowest BCUT2D eigenvalue weighted by Crippen LogP contribution is -2.61. The number of carboxylic acid groups (broad SMARTS) is 1. The molecule has 12 heteroatoms. The molecular formula is C13H22O12. The molecule has 0 spiro atoms. The molecule has 0 aromatic rings. The van der Waals surface area contributed by atoms with Crippen LogP contribution in [0, 0.1) is 0 Å². The molecule has 1 aliphatic rings. The number of carbonyl (C=O) groups is 2. The van der Waals surface area contributed by atoms with Gasteiger partial charge in [0.15, 0.2) is 18.7 Å². The monoisotopic (exact) mass is 370 g/mol. The van der Waals surface area contributed by atoms with Crippen LogP contribution in [0.25, 0.3) is 0 Å². The maximum absolute atomic E-state index is 11.1. The molecule has 9 atom stereocenters. The summed E-state index contributed by atoms with van der Waals surface area (Å²) in [5.41, 5.74) is 0. The van der Waals surface area contributed by atoms with Gasteiger partial charge in [-0.2, -0.15) is 0 Å². The Morgan fingerprint density at radius 2 is 1.76 bits per heavy atom. The largest absolute Gasteiger partial charge is 0.479 e. The lowest BCUT2D eigenvalue weighted by molar-refractivity contribution is -0.302. The van der Waals surface area contributed by atoms with Gasteiger partial charge in [-0.1, -0.05) is 0 Å². The van der Waals surface area contributed by atoms with E-state index >= 15 is 0 Å². The minimum Gasteiger partial charge on any atom is -0.479 e. The molecule has 1 aliphatic heterocycles. The van der Waals surface area contributed by atoms with Crippen molar-refractivity contribution in [1.29, 1.82) is 0 Å². The Labute approximate surface area is 141 Å². The summed E-state index contributed by atoms with van der Waals surface area (Å²) in [5, 5.41) is 66.6. The predicted octanol–water partition coefficient (Wildman–Crippen LogP) is -4.81. The number of hydrogen-bond acceptors (Lipinski definition) is 11. The van der Waals surface area contributed by atoms with E-state index in [1.54, 1.807) is 0 Å². The molecule has 1 rings (SSSR count). The van der Waals surface area contributed by atoms with Crippen LogP contribution in [0.2, 0.25) is 0 Å². The first-order valence-electron chi connectivity index (χ1n) is 7.22. The molecule has 0 aliphatic carbocycles. The van der Waals surface area contributed by atoms with Crippen molar-refractivity contribution in [3.63, 3.8) is 0 Å². The van der Waals surface area contributed by atoms with Crippen LogP contribution in [-0.2, 0) is 23.8 Å². The van der Waals surface area contributed by atoms with Crippen LogP contribution in [0.4, 0.5) is 0 Å². The molecule has 0 saturated carbocycles. The van der Waals surface area contributed by atoms with Crippen molar-refractivity contribution < 1.29 is 59.5 Å². The minimum absolute atomic E-state index is 0.0475. The number of ether oxygens (including phenoxy) is 3. The fourth-order valence-corrected chi connectivity index (χ4v) is 2.24. The highest BCUT2D eigenvalue weighted by Gasteiger charge is 2.48. The average Bonchev–Trinajstić information content (AvgIpc) is 2.59. The van der Waals surface area contributed by atoms with Crippen LogP contribution >= 0.6 is 0 Å². The molecule has 7 N–H and O–H groups in total. The molecule has 1 fully saturated rings. The molecule has 146 valence electrons. The van der Waals surface area contributed by atoms with Gasteiger partial charge in [0.2, 0.25) is 0 Å². The van der Waals surface area contributed by atoms with Crippen molar-refractivity contribution in [2.75, 3.05) is 13.7 Å². The van der Waals surface area contributed by atoms with Gasteiger partial charge in [0.05, 0.1) is 6.61 Å². The van der Waals surface area contributed by atoms with Gasteiger partial charge in [-0.05, 0) is 0 Å². The average molecular weight is 370 g/mol. The fraction of sp³-hybridized carbons (Fsp3) is 0.846. The summed E-state index contributed by atoms with van der Waals surface area (Å²) < 4.78 is 14.7. The summed E-state index contributed by atoms with van der Waals surface area (Å²) in [6.45, 7) is -0.776. The second-order valence-corrected chi connectivity index (χ2v) is 5.45. The van der Waals surface area contributed by atoms with E-state index in [1.165, 1.54) is 0 Å². The third-order valence-corrected chi connectivity index (χ3v) is 3.72. The molecular weight excluding hydrogens is 348 g/mol. The highest BCUT2D eigenvalue weighted by atomic mass is 16.7. The molecule has 0 bridgehead atoms. The van der Waals surface area contributed by atoms with E-state index in [4.69, 9.17) is 24.4 Å². The Balaban J connectivity index is 2.69. The molecule has 12 nitrogen and oxygen atoms in total. The van der Waals surface area contributed by atoms with Gasteiger partial charge >= 0.3 is 5.97 Å². The third-order valence-electron chi connectivity index (χ3n) is 3.72. The Kier molecular flexibility index (Phi) is 8.27. The highest BCUT2D eigenvalue weighted by molar-refractivity contribution is 5.73. The normalized spacial score (nSPS) is 34.8. The number of aliphatic hydroxyl groups is 6. The van der Waals surface area contributed by atoms with Crippen LogP contribution in [-0.4, -0.2) is 117 Å². The van der Waals surface area contributed by atoms with Crippen LogP contribution in [0.3, 0.4) is 0 Å². The number of aldehydes is 1. The van der Waals surface area contributed by atoms with Crippen molar-refractivity contribution in [3.8, 4) is 0 Å². The fourth-order valence-electron chi connectivity index (χ4n) is 2.24. The smallest absolute Gasteiger partial charge is 0.335 e. The lowest BCUT2D eigenvalue weighted by Gasteiger charge is -2.40. The number of carboxylic acids is 1. The maximum Gasteiger partial charge on any atom is 0.335 e. The number of hydrogen-bond donors (Lipinski definition) is 7. The molecule has 0 unspecified atom stereocenters. The minimum atomic E-state index is -2.00. The van der Waals surface area contributed by atoms with Gasteiger partial charge in [-0.15, -0.1) is 0 Å². The van der Waals surface area contributed by atoms with Crippen LogP contribution < -0.4 is 0 Å². The lowest BCUT2D eigenvalue weighted by atomic mass is 9.98. The zero-order chi connectivity index (χ0) is 19.3. The highest BCUT2D eigenvalue weighted by Crippen LogP contribution is 2.24. The first-order chi connectivity index (χ1) is 11.6. The van der Waals surface area contributed by atoms with Gasteiger partial charge in [-0.25, -0.2) is 4.79 Å². The van der Waals surface area contributed by atoms with Gasteiger partial charge < -0.3 is 54.8 Å². The molecule has 0 aromatic carbocycles. The standard InChI is InChI=1S/C13H22O12/c1-23-10-8(19)9(20)13(25-11(10)12(21)22)24-3-5(16)7(18)6(17)4(15)2-14/h2,4-11,13,15-20H,3H2,1H3,(H,21,22)/t4-,5+,6+,7-,8+,9+,10-,11-,13+/m0/s1. The topological polar surface area (TPSA) is 203 Å². The zero-order valence-corrected chi connectivity index (χ0v) is 13.2. The SMILES string of the molecule is CO[C@H]1[C@H](O)[C@@H](O)[C@H](OC[C@@H](O)[C@H](O)[C@H](O)[C@@H](O)C=O)O[C@@H]1C(=O)O. The van der Waals surface area contributed by atoms with Crippen molar-refractivity contribution in [2.45, 2.75) is 55.1 Å². The van der Waals surface area contributed by atoms with E-state index in [-0.39, 0.29) is 6.29 Å². The molecule has 0 radical (unpaired) electrons. The van der Waals surface area contributed by atoms with Gasteiger partial charge in [0.25, 0.3) is 0 Å². The molecule has 0 aromatic heterocycles. The summed E-state index contributed by atoms with van der Waals surface area (Å²) >= 11 is 0. The maximum atomic E-state index is 11.1. The third kappa shape index (κ3) is 5.13. The molecule has 1 saturated heterocycles. The second-order valence-electron chi connectivity index (χ2n) is 5.45.